The molecule has 2 atom stereocenters. The van der Waals surface area contributed by atoms with Crippen molar-refractivity contribution in [1.82, 2.24) is 10.2 Å². The van der Waals surface area contributed by atoms with Crippen LogP contribution in [0.25, 0.3) is 0 Å². The summed E-state index contributed by atoms with van der Waals surface area (Å²) >= 11 is 0. The normalized spacial score (nSPS) is 30.0. The second-order valence-electron chi connectivity index (χ2n) is 5.07. The van der Waals surface area contributed by atoms with Gasteiger partial charge in [0.05, 0.1) is 19.6 Å². The quantitative estimate of drug-likeness (QED) is 0.713. The van der Waals surface area contributed by atoms with Gasteiger partial charge in [0.15, 0.2) is 0 Å². The highest BCUT2D eigenvalue weighted by atomic mass is 16.5. The van der Waals surface area contributed by atoms with E-state index in [-0.39, 0.29) is 18.3 Å². The van der Waals surface area contributed by atoms with E-state index in [0.717, 1.165) is 25.9 Å². The number of amides is 1. The second kappa shape index (κ2) is 5.04. The molecule has 1 amide bonds. The Labute approximate surface area is 101 Å². The van der Waals surface area contributed by atoms with Gasteiger partial charge in [0.2, 0.25) is 5.91 Å². The highest BCUT2D eigenvalue weighted by Crippen LogP contribution is 2.29. The minimum atomic E-state index is -0.409. The zero-order valence-corrected chi connectivity index (χ0v) is 10.4. The first-order valence-electron chi connectivity index (χ1n) is 6.22. The Balaban J connectivity index is 2.04. The third-order valence-electron chi connectivity index (χ3n) is 3.39. The average molecular weight is 240 g/mol. The zero-order chi connectivity index (χ0) is 12.4. The number of hydrogen-bond donors (Lipinski definition) is 1. The minimum Gasteiger partial charge on any atom is -0.469 e. The molecule has 1 saturated carbocycles. The van der Waals surface area contributed by atoms with E-state index >= 15 is 0 Å². The Morgan fingerprint density at radius 1 is 1.53 bits per heavy atom. The van der Waals surface area contributed by atoms with Gasteiger partial charge in [-0.25, -0.2) is 0 Å². The lowest BCUT2D eigenvalue weighted by Crippen LogP contribution is -2.45. The first-order valence-corrected chi connectivity index (χ1v) is 6.22. The molecule has 1 N–H and O–H groups in total. The number of methoxy groups -OCH3 is 1. The van der Waals surface area contributed by atoms with Crippen LogP contribution in [0, 0.1) is 5.92 Å². The third-order valence-corrected chi connectivity index (χ3v) is 3.39. The van der Waals surface area contributed by atoms with Gasteiger partial charge in [0.1, 0.15) is 0 Å². The number of nitrogens with zero attached hydrogens (tertiary/aromatic N) is 1. The Morgan fingerprint density at radius 3 is 2.82 bits per heavy atom. The number of hydrogen-bond acceptors (Lipinski definition) is 4. The van der Waals surface area contributed by atoms with E-state index in [4.69, 9.17) is 0 Å². The van der Waals surface area contributed by atoms with Crippen molar-refractivity contribution in [2.24, 2.45) is 5.92 Å². The Morgan fingerprint density at radius 2 is 2.24 bits per heavy atom. The van der Waals surface area contributed by atoms with Crippen LogP contribution in [0.5, 0.6) is 0 Å². The van der Waals surface area contributed by atoms with Crippen molar-refractivity contribution in [3.05, 3.63) is 0 Å². The summed E-state index contributed by atoms with van der Waals surface area (Å²) in [6, 6.07) is -0.00185. The molecule has 1 aliphatic heterocycles. The molecule has 2 fully saturated rings. The van der Waals surface area contributed by atoms with E-state index in [1.54, 1.807) is 0 Å². The van der Waals surface area contributed by atoms with Gasteiger partial charge in [-0.1, -0.05) is 6.92 Å². The third kappa shape index (κ3) is 2.97. The molecule has 0 radical (unpaired) electrons. The maximum Gasteiger partial charge on any atom is 0.307 e. The van der Waals surface area contributed by atoms with Crippen LogP contribution in [-0.2, 0) is 14.3 Å². The predicted octanol–water partition coefficient (Wildman–Crippen LogP) is 0.148. The van der Waals surface area contributed by atoms with Crippen molar-refractivity contribution < 1.29 is 14.3 Å². The van der Waals surface area contributed by atoms with Crippen LogP contribution in [-0.4, -0.2) is 49.1 Å². The first kappa shape index (κ1) is 12.4. The lowest BCUT2D eigenvalue weighted by atomic mass is 10.2. The van der Waals surface area contributed by atoms with Crippen LogP contribution >= 0.6 is 0 Å². The lowest BCUT2D eigenvalue weighted by Gasteiger charge is -2.24. The fraction of sp³-hybridized carbons (Fsp3) is 0.833. The van der Waals surface area contributed by atoms with Gasteiger partial charge >= 0.3 is 5.97 Å². The molecule has 17 heavy (non-hydrogen) atoms. The highest BCUT2D eigenvalue weighted by molar-refractivity contribution is 5.87. The van der Waals surface area contributed by atoms with Gasteiger partial charge in [0, 0.05) is 19.1 Å². The molecule has 0 aromatic carbocycles. The minimum absolute atomic E-state index is 0.0576. The van der Waals surface area contributed by atoms with Gasteiger partial charge in [-0.05, 0) is 18.8 Å². The van der Waals surface area contributed by atoms with E-state index in [0.29, 0.717) is 12.0 Å². The van der Waals surface area contributed by atoms with E-state index < -0.39 is 6.04 Å². The van der Waals surface area contributed by atoms with Crippen LogP contribution in [0.1, 0.15) is 26.2 Å². The summed E-state index contributed by atoms with van der Waals surface area (Å²) in [5.74, 6) is 0.158. The maximum absolute atomic E-state index is 12.3. The van der Waals surface area contributed by atoms with Gasteiger partial charge in [-0.15, -0.1) is 0 Å². The van der Waals surface area contributed by atoms with Crippen molar-refractivity contribution >= 4 is 11.9 Å². The van der Waals surface area contributed by atoms with Crippen LogP contribution < -0.4 is 5.32 Å². The monoisotopic (exact) mass is 240 g/mol. The van der Waals surface area contributed by atoms with Gasteiger partial charge < -0.3 is 15.0 Å². The molecule has 0 aromatic rings. The molecule has 0 aromatic heterocycles. The van der Waals surface area contributed by atoms with Crippen molar-refractivity contribution in [2.75, 3.05) is 20.2 Å². The zero-order valence-electron chi connectivity index (χ0n) is 10.4. The summed E-state index contributed by atoms with van der Waals surface area (Å²) in [5.41, 5.74) is 0. The van der Waals surface area contributed by atoms with Crippen molar-refractivity contribution in [3.63, 3.8) is 0 Å². The van der Waals surface area contributed by atoms with Crippen molar-refractivity contribution in [3.8, 4) is 0 Å². The van der Waals surface area contributed by atoms with Crippen molar-refractivity contribution in [2.45, 2.75) is 38.3 Å². The number of carbonyl (C=O) groups excluding carboxylic acids is 2. The molecule has 0 spiro atoms. The molecule has 1 saturated heterocycles. The molecule has 5 nitrogen and oxygen atoms in total. The summed E-state index contributed by atoms with van der Waals surface area (Å²) in [6.45, 7) is 3.70. The smallest absolute Gasteiger partial charge is 0.307 e. The largest absolute Gasteiger partial charge is 0.469 e. The Bertz CT molecular complexity index is 315. The van der Waals surface area contributed by atoms with Crippen LogP contribution in [0.4, 0.5) is 0 Å². The van der Waals surface area contributed by atoms with Gasteiger partial charge in [-0.2, -0.15) is 0 Å². The summed E-state index contributed by atoms with van der Waals surface area (Å²) < 4.78 is 4.63. The Hall–Kier alpha value is -1.10. The second-order valence-corrected chi connectivity index (χ2v) is 5.07. The topological polar surface area (TPSA) is 58.6 Å². The number of esters is 1. The molecule has 2 unspecified atom stereocenters. The van der Waals surface area contributed by atoms with Crippen LogP contribution in [0.3, 0.4) is 0 Å². The van der Waals surface area contributed by atoms with E-state index in [9.17, 15) is 9.59 Å². The standard InChI is InChI=1S/C12H20N2O3/c1-8-6-13-10(5-11(15)17-2)12(16)14(7-8)9-3-4-9/h8-10,13H,3-7H2,1-2H3. The van der Waals surface area contributed by atoms with E-state index in [2.05, 4.69) is 17.0 Å². The molecule has 96 valence electrons. The number of nitrogens with one attached hydrogen (secondary N) is 1. The van der Waals surface area contributed by atoms with Crippen LogP contribution in [0.2, 0.25) is 0 Å². The molecule has 5 heteroatoms. The number of ether oxygens (including phenoxy) is 1. The fourth-order valence-electron chi connectivity index (χ4n) is 2.25. The number of carbonyl (C=O) groups is 2. The van der Waals surface area contributed by atoms with Crippen LogP contribution in [0.15, 0.2) is 0 Å². The summed E-state index contributed by atoms with van der Waals surface area (Å²) in [4.78, 5) is 25.5. The molecule has 1 aliphatic carbocycles. The Kier molecular flexibility index (Phi) is 3.66. The summed E-state index contributed by atoms with van der Waals surface area (Å²) in [7, 11) is 1.35. The maximum atomic E-state index is 12.3. The SMILES string of the molecule is COC(=O)CC1NCC(C)CN(C2CC2)C1=O. The molecular weight excluding hydrogens is 220 g/mol. The lowest BCUT2D eigenvalue weighted by molar-refractivity contribution is -0.145. The highest BCUT2D eigenvalue weighted by Gasteiger charge is 2.38. The molecular formula is C12H20N2O3. The summed E-state index contributed by atoms with van der Waals surface area (Å²) in [6.07, 6.45) is 2.33. The average Bonchev–Trinajstić information content (AvgIpc) is 3.13. The molecule has 2 aliphatic rings. The van der Waals surface area contributed by atoms with Gasteiger partial charge in [0.25, 0.3) is 0 Å². The molecule has 1 heterocycles. The van der Waals surface area contributed by atoms with E-state index in [1.165, 1.54) is 7.11 Å². The first-order chi connectivity index (χ1) is 8.11. The van der Waals surface area contributed by atoms with Crippen molar-refractivity contribution in [1.29, 1.82) is 0 Å². The fourth-order valence-corrected chi connectivity index (χ4v) is 2.25. The van der Waals surface area contributed by atoms with Gasteiger partial charge in [-0.3, -0.25) is 9.59 Å². The molecule has 2 rings (SSSR count). The molecule has 0 bridgehead atoms. The number of rotatable bonds is 3. The predicted molar refractivity (Wildman–Crippen MR) is 62.3 cm³/mol. The van der Waals surface area contributed by atoms with E-state index in [1.807, 2.05) is 4.90 Å². The summed E-state index contributed by atoms with van der Waals surface area (Å²) in [5, 5.41) is 3.17.